The number of aryl methyl sites for hydroxylation is 1. The number of benzene rings is 2. The van der Waals surface area contributed by atoms with E-state index in [1.54, 1.807) is 13.0 Å². The second kappa shape index (κ2) is 7.75. The lowest BCUT2D eigenvalue weighted by atomic mass is 10.1. The lowest BCUT2D eigenvalue weighted by Gasteiger charge is -2.10. The van der Waals surface area contributed by atoms with Gasteiger partial charge in [0.25, 0.3) is 5.91 Å². The number of amides is 1. The molecule has 2 rings (SSSR count). The highest BCUT2D eigenvalue weighted by molar-refractivity contribution is 6.42. The first-order valence-corrected chi connectivity index (χ1v) is 7.82. The van der Waals surface area contributed by atoms with E-state index in [2.05, 4.69) is 5.32 Å². The molecule has 0 unspecified atom stereocenters. The van der Waals surface area contributed by atoms with Gasteiger partial charge in [0.05, 0.1) is 15.7 Å². The molecule has 0 aliphatic rings. The number of ether oxygens (including phenoxy) is 1. The molecule has 0 bridgehead atoms. The normalized spacial score (nSPS) is 10.3. The van der Waals surface area contributed by atoms with Crippen molar-refractivity contribution in [3.8, 4) is 5.75 Å². The monoisotopic (exact) mass is 387 g/mol. The zero-order chi connectivity index (χ0) is 17.9. The van der Waals surface area contributed by atoms with Gasteiger partial charge in [-0.3, -0.25) is 4.79 Å². The Morgan fingerprint density at radius 2 is 1.75 bits per heavy atom. The number of nitrogens with one attached hydrogen (secondary N) is 1. The van der Waals surface area contributed by atoms with Gasteiger partial charge in [0.2, 0.25) is 0 Å². The average molecular weight is 389 g/mol. The molecule has 2 N–H and O–H groups in total. The van der Waals surface area contributed by atoms with Crippen LogP contribution in [-0.4, -0.2) is 23.6 Å². The largest absolute Gasteiger partial charge is 0.507 e. The molecular weight excluding hydrogens is 377 g/mol. The summed E-state index contributed by atoms with van der Waals surface area (Å²) in [5.41, 5.74) is 0.923. The van der Waals surface area contributed by atoms with Gasteiger partial charge in [0, 0.05) is 5.02 Å². The Balaban J connectivity index is 2.00. The molecule has 1 amide bonds. The molecule has 0 aromatic heterocycles. The van der Waals surface area contributed by atoms with Gasteiger partial charge < -0.3 is 15.2 Å². The van der Waals surface area contributed by atoms with Crippen LogP contribution in [0.15, 0.2) is 30.3 Å². The van der Waals surface area contributed by atoms with Crippen molar-refractivity contribution in [1.82, 2.24) is 0 Å². The number of aromatic hydroxyl groups is 1. The van der Waals surface area contributed by atoms with Crippen molar-refractivity contribution >= 4 is 52.4 Å². The molecule has 0 aliphatic heterocycles. The average Bonchev–Trinajstić information content (AvgIpc) is 2.48. The van der Waals surface area contributed by atoms with Crippen LogP contribution in [0, 0.1) is 6.92 Å². The van der Waals surface area contributed by atoms with Gasteiger partial charge in [-0.1, -0.05) is 40.9 Å². The Hall–Kier alpha value is -1.95. The number of anilines is 1. The quantitative estimate of drug-likeness (QED) is 0.758. The minimum absolute atomic E-state index is 0.0315. The van der Waals surface area contributed by atoms with Crippen molar-refractivity contribution in [3.63, 3.8) is 0 Å². The smallest absolute Gasteiger partial charge is 0.342 e. The molecule has 0 heterocycles. The van der Waals surface area contributed by atoms with Crippen LogP contribution in [0.4, 0.5) is 5.69 Å². The zero-order valence-electron chi connectivity index (χ0n) is 12.4. The van der Waals surface area contributed by atoms with Crippen molar-refractivity contribution in [3.05, 3.63) is 56.5 Å². The van der Waals surface area contributed by atoms with Crippen LogP contribution in [0.3, 0.4) is 0 Å². The highest BCUT2D eigenvalue weighted by atomic mass is 35.5. The van der Waals surface area contributed by atoms with Crippen molar-refractivity contribution < 1.29 is 19.4 Å². The van der Waals surface area contributed by atoms with Crippen LogP contribution in [0.1, 0.15) is 15.9 Å². The second-order valence-electron chi connectivity index (χ2n) is 4.89. The summed E-state index contributed by atoms with van der Waals surface area (Å²) < 4.78 is 4.86. The summed E-state index contributed by atoms with van der Waals surface area (Å²) in [4.78, 5) is 23.8. The number of esters is 1. The predicted molar refractivity (Wildman–Crippen MR) is 93.2 cm³/mol. The maximum atomic E-state index is 11.9. The SMILES string of the molecule is Cc1ccc(C(=O)OCC(=O)Nc2c(Cl)cc(Cl)cc2Cl)c(O)c1. The van der Waals surface area contributed by atoms with E-state index in [-0.39, 0.29) is 27.0 Å². The minimum Gasteiger partial charge on any atom is -0.507 e. The minimum atomic E-state index is -0.823. The summed E-state index contributed by atoms with van der Waals surface area (Å²) in [6.45, 7) is 1.20. The summed E-state index contributed by atoms with van der Waals surface area (Å²) in [5, 5.41) is 12.8. The number of carbonyl (C=O) groups is 2. The third kappa shape index (κ3) is 4.54. The number of hydrogen-bond acceptors (Lipinski definition) is 4. The number of halogens is 3. The highest BCUT2D eigenvalue weighted by Crippen LogP contribution is 2.33. The van der Waals surface area contributed by atoms with E-state index in [9.17, 15) is 14.7 Å². The first-order valence-electron chi connectivity index (χ1n) is 6.69. The summed E-state index contributed by atoms with van der Waals surface area (Å²) in [5.74, 6) is -1.68. The fourth-order valence-corrected chi connectivity index (χ4v) is 2.77. The topological polar surface area (TPSA) is 75.6 Å². The lowest BCUT2D eigenvalue weighted by Crippen LogP contribution is -2.21. The number of phenols is 1. The molecule has 0 radical (unpaired) electrons. The first-order chi connectivity index (χ1) is 11.3. The van der Waals surface area contributed by atoms with Crippen LogP contribution < -0.4 is 5.32 Å². The third-order valence-corrected chi connectivity index (χ3v) is 3.79. The first kappa shape index (κ1) is 18.4. The van der Waals surface area contributed by atoms with E-state index in [0.717, 1.165) is 5.56 Å². The fourth-order valence-electron chi connectivity index (χ4n) is 1.86. The number of hydrogen-bond donors (Lipinski definition) is 2. The van der Waals surface area contributed by atoms with Crippen LogP contribution >= 0.6 is 34.8 Å². The Kier molecular flexibility index (Phi) is 5.94. The molecule has 0 saturated carbocycles. The van der Waals surface area contributed by atoms with Crippen LogP contribution in [-0.2, 0) is 9.53 Å². The third-order valence-electron chi connectivity index (χ3n) is 2.98. The van der Waals surface area contributed by atoms with Crippen LogP contribution in [0.2, 0.25) is 15.1 Å². The summed E-state index contributed by atoms with van der Waals surface area (Å²) in [6, 6.07) is 7.31. The van der Waals surface area contributed by atoms with Gasteiger partial charge in [-0.25, -0.2) is 4.79 Å². The maximum Gasteiger partial charge on any atom is 0.342 e. The molecule has 8 heteroatoms. The lowest BCUT2D eigenvalue weighted by molar-refractivity contribution is -0.119. The number of carbonyl (C=O) groups excluding carboxylic acids is 2. The Labute approximate surface area is 153 Å². The van der Waals surface area contributed by atoms with Crippen molar-refractivity contribution in [2.75, 3.05) is 11.9 Å². The standard InChI is InChI=1S/C16H12Cl3NO4/c1-8-2-3-10(13(21)4-8)16(23)24-7-14(22)20-15-11(18)5-9(17)6-12(15)19/h2-6,21H,7H2,1H3,(H,20,22). The van der Waals surface area contributed by atoms with Crippen LogP contribution in [0.5, 0.6) is 5.75 Å². The molecule has 0 fully saturated rings. The molecule has 0 aliphatic carbocycles. The Bertz CT molecular complexity index is 785. The van der Waals surface area contributed by atoms with Gasteiger partial charge in [0.1, 0.15) is 11.3 Å². The summed E-state index contributed by atoms with van der Waals surface area (Å²) in [6.07, 6.45) is 0. The molecule has 126 valence electrons. The molecule has 2 aromatic carbocycles. The van der Waals surface area contributed by atoms with Crippen molar-refractivity contribution in [1.29, 1.82) is 0 Å². The molecule has 0 saturated heterocycles. The van der Waals surface area contributed by atoms with E-state index in [1.807, 2.05) is 0 Å². The summed E-state index contributed by atoms with van der Waals surface area (Å²) in [7, 11) is 0. The highest BCUT2D eigenvalue weighted by Gasteiger charge is 2.16. The molecular formula is C16H12Cl3NO4. The van der Waals surface area contributed by atoms with E-state index in [4.69, 9.17) is 39.5 Å². The van der Waals surface area contributed by atoms with Gasteiger partial charge in [0.15, 0.2) is 6.61 Å². The molecule has 24 heavy (non-hydrogen) atoms. The molecule has 5 nitrogen and oxygen atoms in total. The molecule has 2 aromatic rings. The second-order valence-corrected chi connectivity index (χ2v) is 6.14. The maximum absolute atomic E-state index is 11.9. The van der Waals surface area contributed by atoms with Gasteiger partial charge >= 0.3 is 5.97 Å². The number of phenolic OH excluding ortho intramolecular Hbond substituents is 1. The van der Waals surface area contributed by atoms with Gasteiger partial charge in [-0.15, -0.1) is 0 Å². The van der Waals surface area contributed by atoms with Crippen molar-refractivity contribution in [2.24, 2.45) is 0 Å². The van der Waals surface area contributed by atoms with E-state index in [1.165, 1.54) is 24.3 Å². The van der Waals surface area contributed by atoms with E-state index >= 15 is 0 Å². The van der Waals surface area contributed by atoms with E-state index < -0.39 is 18.5 Å². The van der Waals surface area contributed by atoms with E-state index in [0.29, 0.717) is 5.02 Å². The number of rotatable bonds is 4. The van der Waals surface area contributed by atoms with Crippen LogP contribution in [0.25, 0.3) is 0 Å². The Morgan fingerprint density at radius 1 is 1.12 bits per heavy atom. The predicted octanol–water partition coefficient (Wildman–Crippen LogP) is 4.46. The Morgan fingerprint density at radius 3 is 2.33 bits per heavy atom. The van der Waals surface area contributed by atoms with Crippen molar-refractivity contribution in [2.45, 2.75) is 6.92 Å². The molecule has 0 atom stereocenters. The zero-order valence-corrected chi connectivity index (χ0v) is 14.7. The molecule has 0 spiro atoms. The van der Waals surface area contributed by atoms with Gasteiger partial charge in [-0.2, -0.15) is 0 Å². The van der Waals surface area contributed by atoms with Gasteiger partial charge in [-0.05, 0) is 36.8 Å². The fraction of sp³-hybridized carbons (Fsp3) is 0.125. The summed E-state index contributed by atoms with van der Waals surface area (Å²) >= 11 is 17.7.